The fraction of sp³-hybridized carbons (Fsp3) is 0.973. The van der Waals surface area contributed by atoms with Crippen LogP contribution in [0, 0.1) is 0 Å². The van der Waals surface area contributed by atoms with Crippen molar-refractivity contribution < 1.29 is 9.53 Å². The van der Waals surface area contributed by atoms with Crippen molar-refractivity contribution in [1.82, 2.24) is 9.80 Å². The van der Waals surface area contributed by atoms with E-state index in [9.17, 15) is 4.79 Å². The van der Waals surface area contributed by atoms with Gasteiger partial charge in [0.05, 0.1) is 6.54 Å². The van der Waals surface area contributed by atoms with Crippen molar-refractivity contribution in [2.24, 2.45) is 0 Å². The molecule has 0 N–H and O–H groups in total. The molecule has 1 rings (SSSR count). The largest absolute Gasteiger partial charge is 0.448 e. The maximum absolute atomic E-state index is 11.8. The number of unbranched alkanes of at least 4 members (excludes halogenated alkanes) is 25. The number of nitrogens with zero attached hydrogens (tertiary/aromatic N) is 2. The molecule has 244 valence electrons. The van der Waals surface area contributed by atoms with Crippen molar-refractivity contribution in [3.8, 4) is 0 Å². The van der Waals surface area contributed by atoms with Crippen LogP contribution in [0.3, 0.4) is 0 Å². The van der Waals surface area contributed by atoms with E-state index in [0.29, 0.717) is 6.61 Å². The summed E-state index contributed by atoms with van der Waals surface area (Å²) in [6.45, 7) is 10.4. The second kappa shape index (κ2) is 30.7. The Morgan fingerprint density at radius 3 is 1.12 bits per heavy atom. The van der Waals surface area contributed by atoms with Gasteiger partial charge < -0.3 is 14.5 Å². The summed E-state index contributed by atoms with van der Waals surface area (Å²) in [5.74, 6) is 0. The number of amides is 1. The lowest BCUT2D eigenvalue weighted by Crippen LogP contribution is -2.32. The number of carbonyl (C=O) groups is 1. The molecule has 0 aromatic carbocycles. The summed E-state index contributed by atoms with van der Waals surface area (Å²) in [4.78, 5) is 16.3. The quantitative estimate of drug-likeness (QED) is 0.0726. The molecule has 0 unspecified atom stereocenters. The number of hydrogen-bond donors (Lipinski definition) is 0. The molecule has 0 radical (unpaired) electrons. The van der Waals surface area contributed by atoms with Crippen LogP contribution in [0.25, 0.3) is 0 Å². The zero-order chi connectivity index (χ0) is 29.5. The van der Waals surface area contributed by atoms with Crippen LogP contribution in [0.4, 0.5) is 4.79 Å². The van der Waals surface area contributed by atoms with Crippen molar-refractivity contribution in [3.05, 3.63) is 0 Å². The zero-order valence-corrected chi connectivity index (χ0v) is 28.3. The van der Waals surface area contributed by atoms with E-state index in [0.717, 1.165) is 26.1 Å². The van der Waals surface area contributed by atoms with Gasteiger partial charge in [-0.2, -0.15) is 0 Å². The highest BCUT2D eigenvalue weighted by atomic mass is 16.6. The van der Waals surface area contributed by atoms with Crippen LogP contribution in [0.15, 0.2) is 0 Å². The molecule has 41 heavy (non-hydrogen) atoms. The first kappa shape index (κ1) is 38.3. The molecule has 4 heteroatoms. The molecule has 0 aromatic rings. The third kappa shape index (κ3) is 25.4. The third-order valence-electron chi connectivity index (χ3n) is 9.15. The van der Waals surface area contributed by atoms with Crippen LogP contribution in [-0.2, 0) is 4.74 Å². The Kier molecular flexibility index (Phi) is 28.6. The Morgan fingerprint density at radius 2 is 0.805 bits per heavy atom. The summed E-state index contributed by atoms with van der Waals surface area (Å²) < 4.78 is 5.11. The van der Waals surface area contributed by atoms with Crippen LogP contribution in [0.5, 0.6) is 0 Å². The van der Waals surface area contributed by atoms with Crippen LogP contribution >= 0.6 is 0 Å². The molecule has 0 saturated carbocycles. The van der Waals surface area contributed by atoms with Gasteiger partial charge in [-0.15, -0.1) is 0 Å². The summed E-state index contributed by atoms with van der Waals surface area (Å²) in [5, 5.41) is 0. The van der Waals surface area contributed by atoms with E-state index in [4.69, 9.17) is 4.74 Å². The van der Waals surface area contributed by atoms with E-state index in [1.165, 1.54) is 186 Å². The molecule has 0 aromatic heterocycles. The fourth-order valence-corrected chi connectivity index (χ4v) is 6.33. The highest BCUT2D eigenvalue weighted by Crippen LogP contribution is 2.15. The predicted molar refractivity (Wildman–Crippen MR) is 180 cm³/mol. The normalized spacial score (nSPS) is 13.5. The monoisotopic (exact) mass is 579 g/mol. The minimum absolute atomic E-state index is 0.111. The standard InChI is InChI=1S/C37H74N2O2/c1-3-5-7-9-11-13-15-17-19-21-23-25-27-29-32-38(33-30-34-39-35-36-41-37(39)40)31-28-26-24-22-20-18-16-14-12-10-8-6-4-2/h3-36H2,1-2H3. The Morgan fingerprint density at radius 1 is 0.488 bits per heavy atom. The van der Waals surface area contributed by atoms with Crippen molar-refractivity contribution in [1.29, 1.82) is 0 Å². The number of ether oxygens (including phenoxy) is 1. The molecule has 1 saturated heterocycles. The Bertz CT molecular complexity index is 541. The maximum atomic E-state index is 11.8. The minimum atomic E-state index is -0.111. The van der Waals surface area contributed by atoms with E-state index in [2.05, 4.69) is 18.7 Å². The van der Waals surface area contributed by atoms with Crippen molar-refractivity contribution in [2.75, 3.05) is 39.3 Å². The molecule has 1 fully saturated rings. The number of hydrogen-bond acceptors (Lipinski definition) is 3. The Hall–Kier alpha value is -0.770. The molecule has 0 spiro atoms. The van der Waals surface area contributed by atoms with Crippen LogP contribution in [0.1, 0.15) is 194 Å². The average Bonchev–Trinajstić information content (AvgIpc) is 3.39. The molecule has 0 aliphatic carbocycles. The smallest absolute Gasteiger partial charge is 0.409 e. The van der Waals surface area contributed by atoms with E-state index in [-0.39, 0.29) is 6.09 Å². The lowest BCUT2D eigenvalue weighted by atomic mass is 10.0. The van der Waals surface area contributed by atoms with Crippen molar-refractivity contribution in [2.45, 2.75) is 194 Å². The van der Waals surface area contributed by atoms with Crippen molar-refractivity contribution >= 4 is 6.09 Å². The van der Waals surface area contributed by atoms with Crippen molar-refractivity contribution in [3.63, 3.8) is 0 Å². The molecule has 0 atom stereocenters. The SMILES string of the molecule is CCCCCCCCCCCCCCCCN(CCCCCCCCCCCCCCC)CCCN1CCOC1=O. The molecular weight excluding hydrogens is 504 g/mol. The number of carbonyl (C=O) groups excluding carboxylic acids is 1. The number of cyclic esters (lactones) is 1. The average molecular weight is 579 g/mol. The molecule has 1 aliphatic heterocycles. The van der Waals surface area contributed by atoms with Gasteiger partial charge in [-0.05, 0) is 38.9 Å². The second-order valence-corrected chi connectivity index (χ2v) is 13.1. The summed E-state index contributed by atoms with van der Waals surface area (Å²) in [6.07, 6.45) is 39.3. The van der Waals surface area contributed by atoms with E-state index < -0.39 is 0 Å². The summed E-state index contributed by atoms with van der Waals surface area (Å²) >= 11 is 0. The van der Waals surface area contributed by atoms with Gasteiger partial charge in [0.2, 0.25) is 0 Å². The first-order chi connectivity index (χ1) is 20.3. The fourth-order valence-electron chi connectivity index (χ4n) is 6.33. The highest BCUT2D eigenvalue weighted by molar-refractivity contribution is 5.69. The summed E-state index contributed by atoms with van der Waals surface area (Å²) in [5.41, 5.74) is 0. The summed E-state index contributed by atoms with van der Waals surface area (Å²) in [6, 6.07) is 0. The van der Waals surface area contributed by atoms with Gasteiger partial charge in [0.1, 0.15) is 6.61 Å². The zero-order valence-electron chi connectivity index (χ0n) is 28.3. The Balaban J connectivity index is 2.05. The molecule has 4 nitrogen and oxygen atoms in total. The van der Waals surface area contributed by atoms with Crippen LogP contribution in [-0.4, -0.2) is 55.2 Å². The van der Waals surface area contributed by atoms with Crippen LogP contribution < -0.4 is 0 Å². The van der Waals surface area contributed by atoms with Crippen LogP contribution in [0.2, 0.25) is 0 Å². The Labute approximate surface area is 258 Å². The molecule has 1 aliphatic rings. The lowest BCUT2D eigenvalue weighted by Gasteiger charge is -2.23. The van der Waals surface area contributed by atoms with Gasteiger partial charge >= 0.3 is 6.09 Å². The van der Waals surface area contributed by atoms with E-state index in [1.54, 1.807) is 0 Å². The lowest BCUT2D eigenvalue weighted by molar-refractivity contribution is 0.156. The molecule has 0 bridgehead atoms. The predicted octanol–water partition coefficient (Wildman–Crippen LogP) is 11.7. The van der Waals surface area contributed by atoms with Gasteiger partial charge in [-0.25, -0.2) is 4.79 Å². The molecule has 1 amide bonds. The first-order valence-corrected chi connectivity index (χ1v) is 18.9. The van der Waals surface area contributed by atoms with Gasteiger partial charge in [0.15, 0.2) is 0 Å². The van der Waals surface area contributed by atoms with E-state index in [1.807, 2.05) is 4.90 Å². The molecular formula is C37H74N2O2. The van der Waals surface area contributed by atoms with E-state index >= 15 is 0 Å². The number of rotatable bonds is 33. The third-order valence-corrected chi connectivity index (χ3v) is 9.15. The first-order valence-electron chi connectivity index (χ1n) is 18.9. The molecule has 1 heterocycles. The van der Waals surface area contributed by atoms with Gasteiger partial charge in [0, 0.05) is 6.54 Å². The van der Waals surface area contributed by atoms with Gasteiger partial charge in [-0.3, -0.25) is 0 Å². The maximum Gasteiger partial charge on any atom is 0.409 e. The van der Waals surface area contributed by atoms with Gasteiger partial charge in [-0.1, -0.05) is 174 Å². The minimum Gasteiger partial charge on any atom is -0.448 e. The topological polar surface area (TPSA) is 32.8 Å². The van der Waals surface area contributed by atoms with Gasteiger partial charge in [0.25, 0.3) is 0 Å². The second-order valence-electron chi connectivity index (χ2n) is 13.1. The highest BCUT2D eigenvalue weighted by Gasteiger charge is 2.21. The summed E-state index contributed by atoms with van der Waals surface area (Å²) in [7, 11) is 0.